The first-order valence-corrected chi connectivity index (χ1v) is 8.56. The summed E-state index contributed by atoms with van der Waals surface area (Å²) in [6.07, 6.45) is 1.72. The fraction of sp³-hybridized carbons (Fsp3) is 0.300. The molecule has 0 radical (unpaired) electrons. The largest absolute Gasteiger partial charge is 0.326 e. The van der Waals surface area contributed by atoms with Gasteiger partial charge in [-0.2, -0.15) is 0 Å². The van der Waals surface area contributed by atoms with Gasteiger partial charge in [-0.05, 0) is 48.9 Å². The van der Waals surface area contributed by atoms with Gasteiger partial charge in [0.1, 0.15) is 0 Å². The van der Waals surface area contributed by atoms with Crippen molar-refractivity contribution in [3.63, 3.8) is 0 Å². The molecule has 0 fully saturated rings. The van der Waals surface area contributed by atoms with Crippen LogP contribution in [0.4, 0.5) is 16.2 Å². The number of carbonyl (C=O) groups excluding carboxylic acids is 1. The highest BCUT2D eigenvalue weighted by molar-refractivity contribution is 6.07. The molecule has 5 heteroatoms. The van der Waals surface area contributed by atoms with Crippen molar-refractivity contribution in [1.82, 2.24) is 5.32 Å². The molecule has 5 nitrogen and oxygen atoms in total. The highest BCUT2D eigenvalue weighted by Crippen LogP contribution is 2.22. The molecule has 0 aliphatic rings. The van der Waals surface area contributed by atoms with E-state index in [0.29, 0.717) is 0 Å². The van der Waals surface area contributed by atoms with E-state index in [-0.39, 0.29) is 5.96 Å². The number of para-hydroxylation sites is 2. The average Bonchev–Trinajstić information content (AvgIpc) is 2.58. The van der Waals surface area contributed by atoms with Crippen molar-refractivity contribution < 1.29 is 4.79 Å². The van der Waals surface area contributed by atoms with Crippen LogP contribution < -0.4 is 16.0 Å². The number of aryl methyl sites for hydroxylation is 4. The van der Waals surface area contributed by atoms with Crippen molar-refractivity contribution in [2.75, 3.05) is 10.6 Å². The van der Waals surface area contributed by atoms with Gasteiger partial charge in [0.05, 0.1) is 0 Å². The van der Waals surface area contributed by atoms with Gasteiger partial charge in [0, 0.05) is 11.4 Å². The standard InChI is InChI=1S/C20H26N4O/c1-5-15-11-8-12-16(6-2)18(15)22-19(21)24-20(25)23-17-13(3)9-7-10-14(17)4/h7-12H,5-6H2,1-4H3,(H4,21,22,23,24,25). The Morgan fingerprint density at radius 2 is 1.40 bits per heavy atom. The summed E-state index contributed by atoms with van der Waals surface area (Å²) < 4.78 is 0. The second-order valence-electron chi connectivity index (χ2n) is 6.00. The molecule has 2 rings (SSSR count). The second kappa shape index (κ2) is 8.33. The summed E-state index contributed by atoms with van der Waals surface area (Å²) in [6, 6.07) is 11.5. The number of carbonyl (C=O) groups is 1. The van der Waals surface area contributed by atoms with Crippen LogP contribution in [0.15, 0.2) is 36.4 Å². The number of nitrogens with one attached hydrogen (secondary N) is 4. The smallest absolute Gasteiger partial charge is 0.326 e. The van der Waals surface area contributed by atoms with Crippen LogP contribution >= 0.6 is 0 Å². The third-order valence-corrected chi connectivity index (χ3v) is 4.21. The molecule has 2 aromatic carbocycles. The number of amides is 2. The summed E-state index contributed by atoms with van der Waals surface area (Å²) in [7, 11) is 0. The summed E-state index contributed by atoms with van der Waals surface area (Å²) in [5.74, 6) is -0.0423. The van der Waals surface area contributed by atoms with Crippen molar-refractivity contribution in [3.8, 4) is 0 Å². The molecular weight excluding hydrogens is 312 g/mol. The summed E-state index contributed by atoms with van der Waals surface area (Å²) in [5, 5.41) is 16.5. The molecule has 132 valence electrons. The Labute approximate surface area is 149 Å². The van der Waals surface area contributed by atoms with Crippen LogP contribution in [0, 0.1) is 19.3 Å². The zero-order valence-electron chi connectivity index (χ0n) is 15.3. The van der Waals surface area contributed by atoms with Gasteiger partial charge in [-0.1, -0.05) is 50.2 Å². The number of hydrogen-bond donors (Lipinski definition) is 4. The predicted molar refractivity (Wildman–Crippen MR) is 105 cm³/mol. The Kier molecular flexibility index (Phi) is 6.17. The molecule has 0 saturated carbocycles. The topological polar surface area (TPSA) is 77.0 Å². The van der Waals surface area contributed by atoms with Crippen LogP contribution in [0.1, 0.15) is 36.1 Å². The summed E-state index contributed by atoms with van der Waals surface area (Å²) in [5.41, 5.74) is 5.90. The lowest BCUT2D eigenvalue weighted by Gasteiger charge is -2.17. The van der Waals surface area contributed by atoms with Crippen molar-refractivity contribution >= 4 is 23.4 Å². The summed E-state index contributed by atoms with van der Waals surface area (Å²) >= 11 is 0. The van der Waals surface area contributed by atoms with E-state index in [9.17, 15) is 4.79 Å². The highest BCUT2D eigenvalue weighted by atomic mass is 16.2. The lowest BCUT2D eigenvalue weighted by molar-refractivity contribution is 0.256. The van der Waals surface area contributed by atoms with E-state index in [0.717, 1.165) is 46.5 Å². The van der Waals surface area contributed by atoms with Gasteiger partial charge in [0.15, 0.2) is 0 Å². The minimum Gasteiger partial charge on any atom is -0.326 e. The number of benzene rings is 2. The SMILES string of the molecule is CCc1cccc(CC)c1NC(=N)NC(=O)Nc1c(C)cccc1C. The molecule has 0 unspecified atom stereocenters. The van der Waals surface area contributed by atoms with Crippen LogP contribution in [0.2, 0.25) is 0 Å². The van der Waals surface area contributed by atoms with Crippen LogP contribution in [0.5, 0.6) is 0 Å². The summed E-state index contributed by atoms with van der Waals surface area (Å²) in [4.78, 5) is 12.2. The molecule has 2 amide bonds. The summed E-state index contributed by atoms with van der Waals surface area (Å²) in [6.45, 7) is 8.03. The molecule has 0 saturated heterocycles. The molecule has 0 heterocycles. The van der Waals surface area contributed by atoms with Gasteiger partial charge >= 0.3 is 6.03 Å². The van der Waals surface area contributed by atoms with Gasteiger partial charge in [-0.3, -0.25) is 10.7 Å². The normalized spacial score (nSPS) is 10.2. The van der Waals surface area contributed by atoms with E-state index in [1.54, 1.807) is 0 Å². The quantitative estimate of drug-likeness (QED) is 0.486. The Morgan fingerprint density at radius 1 is 0.880 bits per heavy atom. The maximum absolute atomic E-state index is 12.2. The van der Waals surface area contributed by atoms with Crippen LogP contribution in [0.25, 0.3) is 0 Å². The van der Waals surface area contributed by atoms with Crippen LogP contribution in [-0.2, 0) is 12.8 Å². The van der Waals surface area contributed by atoms with E-state index in [4.69, 9.17) is 5.41 Å². The van der Waals surface area contributed by atoms with E-state index in [1.807, 2.05) is 50.2 Å². The molecule has 0 spiro atoms. The number of hydrogen-bond acceptors (Lipinski definition) is 2. The Hall–Kier alpha value is -2.82. The Balaban J connectivity index is 2.07. The molecule has 0 bridgehead atoms. The number of anilines is 2. The molecule has 0 atom stereocenters. The predicted octanol–water partition coefficient (Wildman–Crippen LogP) is 4.60. The molecule has 0 aliphatic heterocycles. The monoisotopic (exact) mass is 338 g/mol. The van der Waals surface area contributed by atoms with Gasteiger partial charge in [-0.25, -0.2) is 4.79 Å². The number of urea groups is 1. The van der Waals surface area contributed by atoms with E-state index >= 15 is 0 Å². The van der Waals surface area contributed by atoms with Crippen LogP contribution in [0.3, 0.4) is 0 Å². The third-order valence-electron chi connectivity index (χ3n) is 4.21. The maximum Gasteiger partial charge on any atom is 0.326 e. The first kappa shape index (κ1) is 18.5. The van der Waals surface area contributed by atoms with Crippen molar-refractivity contribution in [1.29, 1.82) is 5.41 Å². The number of rotatable bonds is 4. The van der Waals surface area contributed by atoms with Crippen molar-refractivity contribution in [3.05, 3.63) is 58.7 Å². The zero-order chi connectivity index (χ0) is 18.4. The van der Waals surface area contributed by atoms with E-state index in [1.165, 1.54) is 0 Å². The van der Waals surface area contributed by atoms with Crippen molar-refractivity contribution in [2.24, 2.45) is 0 Å². The highest BCUT2D eigenvalue weighted by Gasteiger charge is 2.11. The van der Waals surface area contributed by atoms with Gasteiger partial charge in [0.2, 0.25) is 5.96 Å². The average molecular weight is 338 g/mol. The number of guanidine groups is 1. The maximum atomic E-state index is 12.2. The molecule has 25 heavy (non-hydrogen) atoms. The molecule has 0 aliphatic carbocycles. The minimum absolute atomic E-state index is 0.0423. The van der Waals surface area contributed by atoms with E-state index in [2.05, 4.69) is 29.8 Å². The molecule has 0 aromatic heterocycles. The van der Waals surface area contributed by atoms with Crippen LogP contribution in [-0.4, -0.2) is 12.0 Å². The van der Waals surface area contributed by atoms with Crippen molar-refractivity contribution in [2.45, 2.75) is 40.5 Å². The fourth-order valence-electron chi connectivity index (χ4n) is 2.83. The second-order valence-corrected chi connectivity index (χ2v) is 6.00. The molecular formula is C20H26N4O. The minimum atomic E-state index is -0.429. The Bertz CT molecular complexity index is 741. The first-order valence-electron chi connectivity index (χ1n) is 8.56. The van der Waals surface area contributed by atoms with Gasteiger partial charge < -0.3 is 10.6 Å². The van der Waals surface area contributed by atoms with Gasteiger partial charge in [0.25, 0.3) is 0 Å². The zero-order valence-corrected chi connectivity index (χ0v) is 15.3. The molecule has 2 aromatic rings. The van der Waals surface area contributed by atoms with E-state index < -0.39 is 6.03 Å². The molecule has 4 N–H and O–H groups in total. The van der Waals surface area contributed by atoms with Gasteiger partial charge in [-0.15, -0.1) is 0 Å². The fourth-order valence-corrected chi connectivity index (χ4v) is 2.83. The first-order chi connectivity index (χ1) is 12.0. The Morgan fingerprint density at radius 3 is 1.92 bits per heavy atom. The lowest BCUT2D eigenvalue weighted by Crippen LogP contribution is -2.38. The lowest BCUT2D eigenvalue weighted by atomic mass is 10.0. The third kappa shape index (κ3) is 4.59.